The summed E-state index contributed by atoms with van der Waals surface area (Å²) in [4.78, 5) is 0. The van der Waals surface area contributed by atoms with Gasteiger partial charge >= 0.3 is 0 Å². The average Bonchev–Trinajstić information content (AvgIpc) is 2.49. The van der Waals surface area contributed by atoms with Crippen LogP contribution >= 0.6 is 0 Å². The Labute approximate surface area is 117 Å². The number of methoxy groups -OCH3 is 1. The predicted octanol–water partition coefficient (Wildman–Crippen LogP) is 3.70. The van der Waals surface area contributed by atoms with E-state index in [1.54, 1.807) is 7.11 Å². The summed E-state index contributed by atoms with van der Waals surface area (Å²) in [5.41, 5.74) is 1.95. The first-order valence-corrected chi connectivity index (χ1v) is 6.42. The second-order valence-electron chi connectivity index (χ2n) is 3.48. The molecule has 0 radical (unpaired) electrons. The number of hydrogen-bond acceptors (Lipinski definition) is 3. The van der Waals surface area contributed by atoms with E-state index in [0.29, 0.717) is 13.0 Å². The van der Waals surface area contributed by atoms with Crippen LogP contribution in [0.1, 0.15) is 32.3 Å². The van der Waals surface area contributed by atoms with Crippen LogP contribution in [-0.2, 0) is 11.3 Å². The smallest absolute Gasteiger partial charge is 0.0681 e. The Kier molecular flexibility index (Phi) is 17.0. The third-order valence-electron chi connectivity index (χ3n) is 1.96. The van der Waals surface area contributed by atoms with Crippen molar-refractivity contribution in [2.45, 2.75) is 33.3 Å². The summed E-state index contributed by atoms with van der Waals surface area (Å²) in [5, 5.41) is 16.7. The minimum absolute atomic E-state index is 0.140. The van der Waals surface area contributed by atoms with E-state index in [9.17, 15) is 0 Å². The molecule has 1 aromatic rings. The molecular formula is C16H25NO2. The number of hydrogen-bond donors (Lipinski definition) is 1. The van der Waals surface area contributed by atoms with Crippen LogP contribution < -0.4 is 0 Å². The van der Waals surface area contributed by atoms with Gasteiger partial charge in [0.05, 0.1) is 19.3 Å². The largest absolute Gasteiger partial charge is 0.392 e. The van der Waals surface area contributed by atoms with Crippen molar-refractivity contribution in [1.82, 2.24) is 0 Å². The fourth-order valence-electron chi connectivity index (χ4n) is 1.09. The van der Waals surface area contributed by atoms with Gasteiger partial charge in [0, 0.05) is 13.5 Å². The van der Waals surface area contributed by atoms with E-state index in [0.717, 1.165) is 17.6 Å². The van der Waals surface area contributed by atoms with Crippen LogP contribution in [0.25, 0.3) is 0 Å². The standard InChI is InChI=1S/C7H11NO.C7H8O.C2H6/c1-7(6-9-2)4-3-5-8;8-6-7-4-2-1-3-5-7;1-2/h1,3-4,6H2,2H3;1-5,8H,6H2;1-2H3. The molecule has 3 heteroatoms. The minimum atomic E-state index is 0.140. The molecule has 0 saturated carbocycles. The quantitative estimate of drug-likeness (QED) is 0.824. The summed E-state index contributed by atoms with van der Waals surface area (Å²) < 4.78 is 4.79. The third kappa shape index (κ3) is 14.3. The molecule has 0 fully saturated rings. The number of aliphatic hydroxyl groups is 1. The van der Waals surface area contributed by atoms with Crippen LogP contribution in [0.3, 0.4) is 0 Å². The number of nitriles is 1. The molecular weight excluding hydrogens is 238 g/mol. The van der Waals surface area contributed by atoms with Crippen molar-refractivity contribution >= 4 is 0 Å². The lowest BCUT2D eigenvalue weighted by Gasteiger charge is -1.98. The van der Waals surface area contributed by atoms with Crippen molar-refractivity contribution in [1.29, 1.82) is 5.26 Å². The number of aliphatic hydroxyl groups excluding tert-OH is 1. The summed E-state index contributed by atoms with van der Waals surface area (Å²) in [7, 11) is 1.62. The molecule has 0 amide bonds. The van der Waals surface area contributed by atoms with Gasteiger partial charge in [0.25, 0.3) is 0 Å². The van der Waals surface area contributed by atoms with Gasteiger partial charge in [-0.2, -0.15) is 5.26 Å². The van der Waals surface area contributed by atoms with E-state index in [1.165, 1.54) is 0 Å². The van der Waals surface area contributed by atoms with Crippen molar-refractivity contribution in [2.24, 2.45) is 0 Å². The molecule has 1 rings (SSSR count). The molecule has 3 nitrogen and oxygen atoms in total. The van der Waals surface area contributed by atoms with Gasteiger partial charge < -0.3 is 9.84 Å². The van der Waals surface area contributed by atoms with Crippen LogP contribution in [0.15, 0.2) is 42.5 Å². The van der Waals surface area contributed by atoms with Crippen LogP contribution in [0.2, 0.25) is 0 Å². The van der Waals surface area contributed by atoms with E-state index >= 15 is 0 Å². The molecule has 0 aliphatic carbocycles. The zero-order chi connectivity index (χ0) is 14.9. The maximum absolute atomic E-state index is 8.54. The highest BCUT2D eigenvalue weighted by molar-refractivity contribution is 5.12. The van der Waals surface area contributed by atoms with Crippen molar-refractivity contribution in [3.8, 4) is 6.07 Å². The number of ether oxygens (including phenoxy) is 1. The normalized spacial score (nSPS) is 8.16. The van der Waals surface area contributed by atoms with Gasteiger partial charge in [-0.3, -0.25) is 0 Å². The molecule has 0 aromatic heterocycles. The minimum Gasteiger partial charge on any atom is -0.392 e. The SMILES string of the molecule is C=C(CCC#N)COC.CC.OCc1ccccc1. The summed E-state index contributed by atoms with van der Waals surface area (Å²) in [6, 6.07) is 11.6. The third-order valence-corrected chi connectivity index (χ3v) is 1.96. The fourth-order valence-corrected chi connectivity index (χ4v) is 1.09. The maximum atomic E-state index is 8.54. The zero-order valence-corrected chi connectivity index (χ0v) is 12.2. The Bertz CT molecular complexity index is 342. The summed E-state index contributed by atoms with van der Waals surface area (Å²) in [6.07, 6.45) is 1.30. The first kappa shape index (κ1) is 19.7. The van der Waals surface area contributed by atoms with Crippen LogP contribution in [0, 0.1) is 11.3 Å². The highest BCUT2D eigenvalue weighted by Crippen LogP contribution is 2.00. The van der Waals surface area contributed by atoms with Gasteiger partial charge in [0.1, 0.15) is 0 Å². The maximum Gasteiger partial charge on any atom is 0.0681 e. The zero-order valence-electron chi connectivity index (χ0n) is 12.2. The molecule has 0 atom stereocenters. The Morgan fingerprint density at radius 2 is 1.89 bits per heavy atom. The molecule has 0 aliphatic rings. The van der Waals surface area contributed by atoms with E-state index < -0.39 is 0 Å². The lowest BCUT2D eigenvalue weighted by Crippen LogP contribution is -1.91. The lowest BCUT2D eigenvalue weighted by molar-refractivity contribution is 0.223. The molecule has 1 N–H and O–H groups in total. The number of nitrogens with zero attached hydrogens (tertiary/aromatic N) is 1. The van der Waals surface area contributed by atoms with Crippen LogP contribution in [0.5, 0.6) is 0 Å². The Morgan fingerprint density at radius 1 is 1.32 bits per heavy atom. The summed E-state index contributed by atoms with van der Waals surface area (Å²) in [6.45, 7) is 8.42. The monoisotopic (exact) mass is 263 g/mol. The van der Waals surface area contributed by atoms with Gasteiger partial charge in [-0.15, -0.1) is 0 Å². The predicted molar refractivity (Wildman–Crippen MR) is 79.6 cm³/mol. The van der Waals surface area contributed by atoms with Crippen molar-refractivity contribution in [3.63, 3.8) is 0 Å². The summed E-state index contributed by atoms with van der Waals surface area (Å²) >= 11 is 0. The highest BCUT2D eigenvalue weighted by atomic mass is 16.5. The number of benzene rings is 1. The van der Waals surface area contributed by atoms with Crippen molar-refractivity contribution in [2.75, 3.05) is 13.7 Å². The van der Waals surface area contributed by atoms with E-state index in [2.05, 4.69) is 6.58 Å². The highest BCUT2D eigenvalue weighted by Gasteiger charge is 1.90. The molecule has 106 valence electrons. The van der Waals surface area contributed by atoms with Crippen LogP contribution in [-0.4, -0.2) is 18.8 Å². The van der Waals surface area contributed by atoms with E-state index in [1.807, 2.05) is 50.2 Å². The number of rotatable bonds is 5. The van der Waals surface area contributed by atoms with E-state index in [4.69, 9.17) is 15.1 Å². The fraction of sp³-hybridized carbons (Fsp3) is 0.438. The van der Waals surface area contributed by atoms with Crippen molar-refractivity contribution < 1.29 is 9.84 Å². The first-order chi connectivity index (χ1) is 9.24. The molecule has 0 saturated heterocycles. The molecule has 19 heavy (non-hydrogen) atoms. The van der Waals surface area contributed by atoms with E-state index in [-0.39, 0.29) is 6.61 Å². The van der Waals surface area contributed by atoms with Gasteiger partial charge in [-0.1, -0.05) is 56.3 Å². The molecule has 0 spiro atoms. The Morgan fingerprint density at radius 3 is 2.26 bits per heavy atom. The van der Waals surface area contributed by atoms with Gasteiger partial charge in [0.15, 0.2) is 0 Å². The van der Waals surface area contributed by atoms with Crippen molar-refractivity contribution in [3.05, 3.63) is 48.0 Å². The van der Waals surface area contributed by atoms with Gasteiger partial charge in [-0.05, 0) is 12.0 Å². The van der Waals surface area contributed by atoms with Gasteiger partial charge in [0.2, 0.25) is 0 Å². The second-order valence-corrected chi connectivity index (χ2v) is 3.48. The topological polar surface area (TPSA) is 53.2 Å². The lowest BCUT2D eigenvalue weighted by atomic mass is 10.2. The Balaban J connectivity index is 0. The average molecular weight is 263 g/mol. The van der Waals surface area contributed by atoms with Crippen LogP contribution in [0.4, 0.5) is 0 Å². The molecule has 1 aromatic carbocycles. The first-order valence-electron chi connectivity index (χ1n) is 6.42. The molecule has 0 unspecified atom stereocenters. The molecule has 0 aliphatic heterocycles. The van der Waals surface area contributed by atoms with Gasteiger partial charge in [-0.25, -0.2) is 0 Å². The Hall–Kier alpha value is -1.63. The second kappa shape index (κ2) is 16.4. The molecule has 0 heterocycles. The molecule has 0 bridgehead atoms. The summed E-state index contributed by atoms with van der Waals surface area (Å²) in [5.74, 6) is 0.